The van der Waals surface area contributed by atoms with Crippen LogP contribution in [0.2, 0.25) is 0 Å². The van der Waals surface area contributed by atoms with E-state index in [1.165, 1.54) is 32.3 Å². The van der Waals surface area contributed by atoms with Crippen LogP contribution in [-0.2, 0) is 21.5 Å². The molecule has 8 nitrogen and oxygen atoms in total. The predicted octanol–water partition coefficient (Wildman–Crippen LogP) is 2.55. The van der Waals surface area contributed by atoms with Gasteiger partial charge in [-0.05, 0) is 43.7 Å². The molecule has 0 aliphatic rings. The molecule has 0 heterocycles. The van der Waals surface area contributed by atoms with E-state index in [9.17, 15) is 17.6 Å². The minimum absolute atomic E-state index is 0.137. The molecule has 0 fully saturated rings. The summed E-state index contributed by atoms with van der Waals surface area (Å²) in [7, 11) is -1.46. The number of hydrogen-bond acceptors (Lipinski definition) is 5. The number of halogens is 1. The molecule has 0 atom stereocenters. The number of para-hydroxylation sites is 1. The second-order valence-corrected chi connectivity index (χ2v) is 8.74. The number of nitrogens with zero attached hydrogens (tertiary/aromatic N) is 2. The zero-order valence-electron chi connectivity index (χ0n) is 18.1. The van der Waals surface area contributed by atoms with E-state index in [0.717, 1.165) is 20.2 Å². The minimum Gasteiger partial charge on any atom is -0.490 e. The van der Waals surface area contributed by atoms with Crippen LogP contribution in [0.1, 0.15) is 19.4 Å². The number of carbonyl (C=O) groups excluding carboxylic acids is 1. The van der Waals surface area contributed by atoms with Gasteiger partial charge in [0.2, 0.25) is 5.91 Å². The number of anilines is 1. The number of ether oxygens (including phenoxy) is 2. The Bertz CT molecular complexity index is 998. The summed E-state index contributed by atoms with van der Waals surface area (Å²) in [4.78, 5) is 12.5. The molecular formula is C21H28FN3O5S. The predicted molar refractivity (Wildman–Crippen MR) is 117 cm³/mol. The minimum atomic E-state index is -4.09. The number of carbonyl (C=O) groups is 1. The number of benzene rings is 2. The molecule has 0 saturated carbocycles. The Labute approximate surface area is 182 Å². The molecule has 0 aromatic heterocycles. The first kappa shape index (κ1) is 24.4. The standard InChI is InChI=1S/C21H28FN3O5S/c1-5-29-19-12-11-16(13-20(19)30-6-2)14-23-21(26)15-25(31(27,28)24(3)4)18-10-8-7-9-17(18)22/h7-13H,5-6,14-15H2,1-4H3,(H,23,26). The van der Waals surface area contributed by atoms with E-state index in [-0.39, 0.29) is 12.2 Å². The third kappa shape index (κ3) is 6.31. The molecule has 10 heteroatoms. The van der Waals surface area contributed by atoms with Crippen molar-refractivity contribution in [2.75, 3.05) is 38.2 Å². The fraction of sp³-hybridized carbons (Fsp3) is 0.381. The molecule has 2 aromatic rings. The first-order valence-electron chi connectivity index (χ1n) is 9.80. The van der Waals surface area contributed by atoms with Crippen LogP contribution in [0.5, 0.6) is 11.5 Å². The van der Waals surface area contributed by atoms with Gasteiger partial charge in [-0.1, -0.05) is 18.2 Å². The molecule has 0 radical (unpaired) electrons. The van der Waals surface area contributed by atoms with E-state index in [2.05, 4.69) is 5.32 Å². The molecule has 31 heavy (non-hydrogen) atoms. The topological polar surface area (TPSA) is 88.2 Å². The summed E-state index contributed by atoms with van der Waals surface area (Å²) in [6.07, 6.45) is 0. The van der Waals surface area contributed by atoms with Crippen molar-refractivity contribution in [3.05, 3.63) is 53.8 Å². The van der Waals surface area contributed by atoms with Gasteiger partial charge in [-0.2, -0.15) is 12.7 Å². The van der Waals surface area contributed by atoms with Gasteiger partial charge in [-0.25, -0.2) is 8.70 Å². The lowest BCUT2D eigenvalue weighted by Crippen LogP contribution is -2.46. The van der Waals surface area contributed by atoms with Crippen LogP contribution < -0.4 is 19.1 Å². The van der Waals surface area contributed by atoms with Crippen molar-refractivity contribution < 1.29 is 27.1 Å². The van der Waals surface area contributed by atoms with Crippen LogP contribution in [-0.4, -0.2) is 52.5 Å². The van der Waals surface area contributed by atoms with Crippen molar-refractivity contribution in [2.24, 2.45) is 0 Å². The molecular weight excluding hydrogens is 425 g/mol. The second-order valence-electron chi connectivity index (χ2n) is 6.67. The van der Waals surface area contributed by atoms with E-state index < -0.39 is 28.5 Å². The van der Waals surface area contributed by atoms with Gasteiger partial charge in [-0.15, -0.1) is 0 Å². The van der Waals surface area contributed by atoms with Gasteiger partial charge in [0.05, 0.1) is 18.9 Å². The van der Waals surface area contributed by atoms with Gasteiger partial charge in [-0.3, -0.25) is 4.79 Å². The van der Waals surface area contributed by atoms with Crippen LogP contribution in [0.3, 0.4) is 0 Å². The molecule has 1 amide bonds. The summed E-state index contributed by atoms with van der Waals surface area (Å²) in [5.41, 5.74) is 0.541. The van der Waals surface area contributed by atoms with Crippen molar-refractivity contribution in [1.82, 2.24) is 9.62 Å². The number of nitrogens with one attached hydrogen (secondary N) is 1. The number of amides is 1. The average Bonchev–Trinajstić information content (AvgIpc) is 2.73. The molecule has 2 aromatic carbocycles. The van der Waals surface area contributed by atoms with Gasteiger partial charge < -0.3 is 14.8 Å². The second kappa shape index (κ2) is 11.0. The fourth-order valence-electron chi connectivity index (χ4n) is 2.73. The first-order valence-corrected chi connectivity index (χ1v) is 11.2. The molecule has 0 aliphatic heterocycles. The van der Waals surface area contributed by atoms with E-state index in [1.807, 2.05) is 13.8 Å². The molecule has 2 rings (SSSR count). The Balaban J connectivity index is 2.17. The summed E-state index contributed by atoms with van der Waals surface area (Å²) >= 11 is 0. The molecule has 0 spiro atoms. The quantitative estimate of drug-likeness (QED) is 0.565. The van der Waals surface area contributed by atoms with Gasteiger partial charge in [0.25, 0.3) is 0 Å². The van der Waals surface area contributed by atoms with Gasteiger partial charge in [0.15, 0.2) is 11.5 Å². The van der Waals surface area contributed by atoms with Crippen molar-refractivity contribution in [3.8, 4) is 11.5 Å². The third-order valence-electron chi connectivity index (χ3n) is 4.25. The lowest BCUT2D eigenvalue weighted by molar-refractivity contribution is -0.119. The molecule has 0 unspecified atom stereocenters. The van der Waals surface area contributed by atoms with Gasteiger partial charge in [0, 0.05) is 20.6 Å². The van der Waals surface area contributed by atoms with E-state index in [1.54, 1.807) is 18.2 Å². The lowest BCUT2D eigenvalue weighted by atomic mass is 10.2. The van der Waals surface area contributed by atoms with Crippen molar-refractivity contribution in [3.63, 3.8) is 0 Å². The Morgan fingerprint density at radius 1 is 1.03 bits per heavy atom. The monoisotopic (exact) mass is 453 g/mol. The highest BCUT2D eigenvalue weighted by Crippen LogP contribution is 2.28. The summed E-state index contributed by atoms with van der Waals surface area (Å²) in [6, 6.07) is 10.7. The summed E-state index contributed by atoms with van der Waals surface area (Å²) < 4.78 is 52.4. The van der Waals surface area contributed by atoms with E-state index in [0.29, 0.717) is 24.7 Å². The zero-order valence-corrected chi connectivity index (χ0v) is 18.9. The third-order valence-corrected chi connectivity index (χ3v) is 6.05. The summed E-state index contributed by atoms with van der Waals surface area (Å²) in [6.45, 7) is 4.23. The smallest absolute Gasteiger partial charge is 0.304 e. The highest BCUT2D eigenvalue weighted by Gasteiger charge is 2.29. The molecule has 0 aliphatic carbocycles. The van der Waals surface area contributed by atoms with Crippen molar-refractivity contribution in [2.45, 2.75) is 20.4 Å². The highest BCUT2D eigenvalue weighted by atomic mass is 32.2. The van der Waals surface area contributed by atoms with Gasteiger partial charge in [0.1, 0.15) is 12.4 Å². The van der Waals surface area contributed by atoms with Crippen LogP contribution in [0.4, 0.5) is 10.1 Å². The molecule has 170 valence electrons. The first-order chi connectivity index (χ1) is 14.7. The fourth-order valence-corrected chi connectivity index (χ4v) is 3.81. The van der Waals surface area contributed by atoms with Crippen molar-refractivity contribution >= 4 is 21.8 Å². The molecule has 0 bridgehead atoms. The van der Waals surface area contributed by atoms with E-state index in [4.69, 9.17) is 9.47 Å². The normalized spacial score (nSPS) is 11.3. The maximum atomic E-state index is 14.3. The Hall–Kier alpha value is -2.85. The maximum absolute atomic E-state index is 14.3. The summed E-state index contributed by atoms with van der Waals surface area (Å²) in [5.74, 6) is -0.171. The SMILES string of the molecule is CCOc1ccc(CNC(=O)CN(c2ccccc2F)S(=O)(=O)N(C)C)cc1OCC. The Morgan fingerprint density at radius 2 is 1.68 bits per heavy atom. The largest absolute Gasteiger partial charge is 0.490 e. The molecule has 1 N–H and O–H groups in total. The van der Waals surface area contributed by atoms with Crippen LogP contribution in [0.15, 0.2) is 42.5 Å². The Kier molecular flexibility index (Phi) is 8.64. The summed E-state index contributed by atoms with van der Waals surface area (Å²) in [5, 5.41) is 2.67. The zero-order chi connectivity index (χ0) is 23.0. The number of hydrogen-bond donors (Lipinski definition) is 1. The highest BCUT2D eigenvalue weighted by molar-refractivity contribution is 7.90. The van der Waals surface area contributed by atoms with E-state index >= 15 is 0 Å². The van der Waals surface area contributed by atoms with Crippen LogP contribution >= 0.6 is 0 Å². The molecule has 0 saturated heterocycles. The average molecular weight is 454 g/mol. The Morgan fingerprint density at radius 3 is 2.29 bits per heavy atom. The van der Waals surface area contributed by atoms with Gasteiger partial charge >= 0.3 is 10.2 Å². The maximum Gasteiger partial charge on any atom is 0.304 e. The van der Waals surface area contributed by atoms with Crippen molar-refractivity contribution in [1.29, 1.82) is 0 Å². The lowest BCUT2D eigenvalue weighted by Gasteiger charge is -2.27. The van der Waals surface area contributed by atoms with Crippen LogP contribution in [0, 0.1) is 5.82 Å². The van der Waals surface area contributed by atoms with Crippen LogP contribution in [0.25, 0.3) is 0 Å². The number of rotatable bonds is 11.